The molecule has 2 aromatic carbocycles. The number of hydrogen-bond donors (Lipinski definition) is 0. The second kappa shape index (κ2) is 26.0. The number of rotatable bonds is 22. The molecule has 0 bridgehead atoms. The monoisotopic (exact) mass is 535 g/mol. The summed E-state index contributed by atoms with van der Waals surface area (Å²) in [6, 6.07) is 16.1. The number of hydrogen-bond acceptors (Lipinski definition) is 1. The van der Waals surface area contributed by atoms with E-state index in [1.54, 1.807) is 10.6 Å². The van der Waals surface area contributed by atoms with Crippen molar-refractivity contribution in [2.75, 3.05) is 0 Å². The Morgan fingerprint density at radius 2 is 0.763 bits per heavy atom. The van der Waals surface area contributed by atoms with E-state index in [9.17, 15) is 0 Å². The predicted octanol–water partition coefficient (Wildman–Crippen LogP) is 12.7. The maximum atomic E-state index is 5.84. The fourth-order valence-electron chi connectivity index (χ4n) is 4.80. The van der Waals surface area contributed by atoms with Gasteiger partial charge in [-0.15, -0.1) is 10.6 Å². The molecule has 0 fully saturated rings. The third-order valence-electron chi connectivity index (χ3n) is 7.43. The van der Waals surface area contributed by atoms with Gasteiger partial charge in [0.15, 0.2) is 15.2 Å². The smallest absolute Gasteiger partial charge is 0.199 e. The molecule has 0 N–H and O–H groups in total. The molecule has 2 heteroatoms. The first kappa shape index (κ1) is 34.8. The lowest BCUT2D eigenvalue weighted by Gasteiger charge is -2.10. The summed E-state index contributed by atoms with van der Waals surface area (Å²) in [5, 5.41) is 3.15. The van der Waals surface area contributed by atoms with Crippen LogP contribution in [-0.2, 0) is 0 Å². The zero-order chi connectivity index (χ0) is 27.5. The summed E-state index contributed by atoms with van der Waals surface area (Å²) in [5.74, 6) is 1.85. The Bertz CT molecular complexity index is 708. The van der Waals surface area contributed by atoms with E-state index in [4.69, 9.17) is 4.74 Å². The van der Waals surface area contributed by atoms with Gasteiger partial charge in [-0.05, 0) is 37.1 Å². The van der Waals surface area contributed by atoms with Crippen LogP contribution in [0.1, 0.15) is 141 Å². The molecule has 0 saturated heterocycles. The zero-order valence-corrected chi connectivity index (χ0v) is 26.9. The van der Waals surface area contributed by atoms with Gasteiger partial charge in [-0.2, -0.15) is 0 Å². The summed E-state index contributed by atoms with van der Waals surface area (Å²) >= 11 is 0.783. The molecule has 1 nitrogen and oxygen atoms in total. The Morgan fingerprint density at radius 1 is 0.447 bits per heavy atom. The number of ether oxygens (including phenoxy) is 1. The minimum atomic E-state index is 0.783. The molecule has 2 rings (SSSR count). The lowest BCUT2D eigenvalue weighted by atomic mass is 10.1. The summed E-state index contributed by atoms with van der Waals surface area (Å²) < 4.78 is 5.84. The van der Waals surface area contributed by atoms with E-state index in [-0.39, 0.29) is 0 Å². The van der Waals surface area contributed by atoms with Crippen molar-refractivity contribution in [3.63, 3.8) is 0 Å². The summed E-state index contributed by atoms with van der Waals surface area (Å²) in [6.45, 7) is 8.70. The Hall–Kier alpha value is -1.23. The molecule has 0 amide bonds. The second-order valence-corrected chi connectivity index (χ2v) is 12.9. The van der Waals surface area contributed by atoms with Gasteiger partial charge < -0.3 is 4.74 Å². The molecule has 0 saturated carbocycles. The van der Waals surface area contributed by atoms with Gasteiger partial charge in [-0.1, -0.05) is 166 Å². The van der Waals surface area contributed by atoms with Crippen molar-refractivity contribution in [2.24, 2.45) is 0 Å². The van der Waals surface area contributed by atoms with Crippen LogP contribution in [0.25, 0.3) is 0 Å². The van der Waals surface area contributed by atoms with Crippen LogP contribution in [0, 0.1) is 13.8 Å². The van der Waals surface area contributed by atoms with Crippen LogP contribution in [0.4, 0.5) is 0 Å². The van der Waals surface area contributed by atoms with Gasteiger partial charge in [0.1, 0.15) is 11.5 Å². The van der Waals surface area contributed by atoms with Crippen LogP contribution in [-0.4, -0.2) is 15.2 Å². The van der Waals surface area contributed by atoms with E-state index in [2.05, 4.69) is 13.8 Å². The van der Waals surface area contributed by atoms with Gasteiger partial charge in [0.25, 0.3) is 0 Å². The van der Waals surface area contributed by atoms with Crippen LogP contribution in [0.15, 0.2) is 48.5 Å². The van der Waals surface area contributed by atoms with Crippen LogP contribution < -0.4 is 4.74 Å². The molecule has 1 radical (unpaired) electrons. The van der Waals surface area contributed by atoms with Crippen LogP contribution in [0.5, 0.6) is 11.5 Å². The van der Waals surface area contributed by atoms with E-state index < -0.39 is 0 Å². The predicted molar refractivity (Wildman–Crippen MR) is 172 cm³/mol. The van der Waals surface area contributed by atoms with Crippen molar-refractivity contribution in [3.05, 3.63) is 59.7 Å². The largest absolute Gasteiger partial charge is 0.457 e. The van der Waals surface area contributed by atoms with Gasteiger partial charge in [-0.25, -0.2) is 0 Å². The molecular weight excluding hydrogens is 475 g/mol. The van der Waals surface area contributed by atoms with Gasteiger partial charge in [-0.3, -0.25) is 0 Å². The van der Waals surface area contributed by atoms with E-state index >= 15 is 0 Å². The third kappa shape index (κ3) is 19.8. The first-order chi connectivity index (χ1) is 18.7. The molecule has 0 aliphatic heterocycles. The number of aryl methyl sites for hydroxylation is 2. The lowest BCUT2D eigenvalue weighted by molar-refractivity contribution is 0.475. The molecule has 0 spiro atoms. The van der Waals surface area contributed by atoms with Gasteiger partial charge in [0.2, 0.25) is 0 Å². The fraction of sp³-hybridized carbons (Fsp3) is 0.667. The third-order valence-corrected chi connectivity index (χ3v) is 9.06. The molecule has 0 heterocycles. The van der Waals surface area contributed by atoms with Gasteiger partial charge >= 0.3 is 0 Å². The maximum absolute atomic E-state index is 5.84. The molecule has 0 aliphatic carbocycles. The first-order valence-electron chi connectivity index (χ1n) is 16.3. The molecule has 0 aromatic heterocycles. The molecule has 213 valence electrons. The van der Waals surface area contributed by atoms with Crippen molar-refractivity contribution in [1.82, 2.24) is 0 Å². The average Bonchev–Trinajstić information content (AvgIpc) is 2.93. The van der Waals surface area contributed by atoms with E-state index in [1.165, 1.54) is 116 Å². The highest BCUT2D eigenvalue weighted by molar-refractivity contribution is 6.35. The highest BCUT2D eigenvalue weighted by atomic mass is 27.1. The first-order valence-corrected chi connectivity index (χ1v) is 17.9. The highest BCUT2D eigenvalue weighted by Gasteiger charge is 2.02. The second-order valence-electron chi connectivity index (χ2n) is 11.2. The van der Waals surface area contributed by atoms with E-state index in [0.29, 0.717) is 0 Å². The van der Waals surface area contributed by atoms with Crippen LogP contribution in [0.3, 0.4) is 0 Å². The van der Waals surface area contributed by atoms with Crippen molar-refractivity contribution >= 4 is 15.2 Å². The molecule has 0 aliphatic rings. The minimum Gasteiger partial charge on any atom is -0.457 e. The van der Waals surface area contributed by atoms with Crippen molar-refractivity contribution < 1.29 is 4.74 Å². The quantitative estimate of drug-likeness (QED) is 0.108. The molecular formula is C36H60AlO. The maximum Gasteiger partial charge on any atom is 0.199 e. The van der Waals surface area contributed by atoms with Crippen molar-refractivity contribution in [1.29, 1.82) is 0 Å². The molecule has 38 heavy (non-hydrogen) atoms. The van der Waals surface area contributed by atoms with Gasteiger partial charge in [0.05, 0.1) is 0 Å². The Balaban J connectivity index is 0.000000411. The topological polar surface area (TPSA) is 9.23 Å². The fourth-order valence-corrected chi connectivity index (χ4v) is 6.25. The summed E-state index contributed by atoms with van der Waals surface area (Å²) in [4.78, 5) is 0. The van der Waals surface area contributed by atoms with Crippen LogP contribution >= 0.6 is 0 Å². The zero-order valence-electron chi connectivity index (χ0n) is 25.7. The number of benzene rings is 2. The summed E-state index contributed by atoms with van der Waals surface area (Å²) in [7, 11) is 0. The number of para-hydroxylation sites is 2. The van der Waals surface area contributed by atoms with E-state index in [1.807, 2.05) is 62.4 Å². The van der Waals surface area contributed by atoms with E-state index in [0.717, 1.165) is 37.8 Å². The lowest BCUT2D eigenvalue weighted by Crippen LogP contribution is -1.90. The Kier molecular flexibility index (Phi) is 23.8. The SMILES string of the molecule is CCCCCCCCCC[CH2][Al][CH2]CCCCCCCCCC.Cc1ccccc1Oc1ccccc1C. The average molecular weight is 536 g/mol. The molecule has 0 unspecified atom stereocenters. The summed E-state index contributed by atoms with van der Waals surface area (Å²) in [6.07, 6.45) is 26.6. The Labute approximate surface area is 244 Å². The van der Waals surface area contributed by atoms with Crippen LogP contribution in [0.2, 0.25) is 10.6 Å². The van der Waals surface area contributed by atoms with Crippen molar-refractivity contribution in [2.45, 2.75) is 154 Å². The normalized spacial score (nSPS) is 10.6. The summed E-state index contributed by atoms with van der Waals surface area (Å²) in [5.41, 5.74) is 2.31. The molecule has 0 atom stereocenters. The standard InChI is InChI=1S/C14H14O.2C11H23.Al/c1-11-7-3-5-9-13(11)15-14-10-6-4-8-12(14)2;2*1-3-5-7-9-11-10-8-6-4-2;/h3-10H,1-2H3;2*1,3-11H2,2H3;. The van der Waals surface area contributed by atoms with Gasteiger partial charge in [0, 0.05) is 0 Å². The number of unbranched alkanes of at least 4 members (excludes halogenated alkanes) is 16. The highest BCUT2D eigenvalue weighted by Crippen LogP contribution is 2.26. The Morgan fingerprint density at radius 3 is 1.11 bits per heavy atom. The van der Waals surface area contributed by atoms with Crippen molar-refractivity contribution in [3.8, 4) is 11.5 Å². The molecule has 2 aromatic rings. The minimum absolute atomic E-state index is 0.783.